The van der Waals surface area contributed by atoms with Crippen molar-refractivity contribution < 1.29 is 0 Å². The number of hydrogen-bond acceptors (Lipinski definition) is 4. The Morgan fingerprint density at radius 3 is 2.44 bits per heavy atom. The first-order valence-corrected chi connectivity index (χ1v) is 3.57. The van der Waals surface area contributed by atoms with Crippen molar-refractivity contribution >= 4 is 16.5 Å². The van der Waals surface area contributed by atoms with Gasteiger partial charge in [0.15, 0.2) is 0 Å². The molecule has 0 atom stereocenters. The molecule has 0 saturated heterocycles. The summed E-state index contributed by atoms with van der Waals surface area (Å²) in [5.41, 5.74) is 6.45. The van der Waals surface area contributed by atoms with Gasteiger partial charge in [-0.25, -0.2) is 0 Å². The molecule has 0 spiro atoms. The summed E-state index contributed by atoms with van der Waals surface area (Å²) >= 11 is 1.25. The third-order valence-electron chi connectivity index (χ3n) is 1.09. The fourth-order valence-electron chi connectivity index (χ4n) is 0.604. The van der Waals surface area contributed by atoms with Crippen LogP contribution in [0.4, 0.5) is 5.00 Å². The van der Waals surface area contributed by atoms with Crippen LogP contribution in [0.3, 0.4) is 0 Å². The van der Waals surface area contributed by atoms with Crippen molar-refractivity contribution in [2.45, 2.75) is 19.8 Å². The van der Waals surface area contributed by atoms with Gasteiger partial charge in [0.1, 0.15) is 10.7 Å². The van der Waals surface area contributed by atoms with Crippen LogP contribution in [0.2, 0.25) is 0 Å². The topological polar surface area (TPSA) is 51.8 Å². The molecule has 50 valence electrons. The van der Waals surface area contributed by atoms with Crippen LogP contribution in [0.1, 0.15) is 25.5 Å². The predicted octanol–water partition coefficient (Wildman–Crippen LogP) is 1.24. The van der Waals surface area contributed by atoms with Crippen molar-refractivity contribution in [1.82, 2.24) is 9.59 Å². The van der Waals surface area contributed by atoms with Gasteiger partial charge in [-0.2, -0.15) is 0 Å². The molecule has 9 heavy (non-hydrogen) atoms. The average molecular weight is 143 g/mol. The molecule has 0 bridgehead atoms. The summed E-state index contributed by atoms with van der Waals surface area (Å²) in [6, 6.07) is 0. The fourth-order valence-corrected chi connectivity index (χ4v) is 1.19. The van der Waals surface area contributed by atoms with E-state index in [0.29, 0.717) is 5.92 Å². The fraction of sp³-hybridized carbons (Fsp3) is 0.600. The van der Waals surface area contributed by atoms with Crippen LogP contribution in [-0.2, 0) is 0 Å². The molecular formula is C5H9N3S. The molecule has 0 saturated carbocycles. The Morgan fingerprint density at radius 2 is 2.22 bits per heavy atom. The zero-order valence-corrected chi connectivity index (χ0v) is 6.27. The van der Waals surface area contributed by atoms with E-state index in [1.807, 2.05) is 13.8 Å². The summed E-state index contributed by atoms with van der Waals surface area (Å²) < 4.78 is 3.71. The largest absolute Gasteiger partial charge is 0.388 e. The average Bonchev–Trinajstić information content (AvgIpc) is 2.13. The van der Waals surface area contributed by atoms with Crippen molar-refractivity contribution in [3.8, 4) is 0 Å². The Labute approximate surface area is 58.1 Å². The Morgan fingerprint density at radius 1 is 1.56 bits per heavy atom. The lowest BCUT2D eigenvalue weighted by atomic mass is 10.1. The highest BCUT2D eigenvalue weighted by molar-refractivity contribution is 7.09. The predicted molar refractivity (Wildman–Crippen MR) is 38.4 cm³/mol. The SMILES string of the molecule is CC(C)c1nnsc1N. The molecule has 3 nitrogen and oxygen atoms in total. The Bertz CT molecular complexity index is 194. The standard InChI is InChI=1S/C5H9N3S/c1-3(2)4-5(6)9-8-7-4/h3H,6H2,1-2H3. The molecule has 1 heterocycles. The summed E-state index contributed by atoms with van der Waals surface area (Å²) in [6.45, 7) is 4.10. The molecular weight excluding hydrogens is 134 g/mol. The van der Waals surface area contributed by atoms with E-state index in [2.05, 4.69) is 9.59 Å². The molecule has 4 heteroatoms. The van der Waals surface area contributed by atoms with Gasteiger partial charge in [0.25, 0.3) is 0 Å². The second-order valence-electron chi connectivity index (χ2n) is 2.18. The third kappa shape index (κ3) is 1.18. The van der Waals surface area contributed by atoms with Gasteiger partial charge >= 0.3 is 0 Å². The highest BCUT2D eigenvalue weighted by Crippen LogP contribution is 2.20. The molecule has 1 rings (SSSR count). The number of rotatable bonds is 1. The molecule has 2 N–H and O–H groups in total. The van der Waals surface area contributed by atoms with E-state index >= 15 is 0 Å². The lowest BCUT2D eigenvalue weighted by Crippen LogP contribution is -1.92. The molecule has 0 amide bonds. The highest BCUT2D eigenvalue weighted by atomic mass is 32.1. The lowest BCUT2D eigenvalue weighted by Gasteiger charge is -1.96. The van der Waals surface area contributed by atoms with Gasteiger partial charge in [0, 0.05) is 17.5 Å². The van der Waals surface area contributed by atoms with E-state index in [1.165, 1.54) is 11.5 Å². The van der Waals surface area contributed by atoms with E-state index in [0.717, 1.165) is 10.7 Å². The zero-order chi connectivity index (χ0) is 6.85. The maximum absolute atomic E-state index is 5.54. The van der Waals surface area contributed by atoms with Crippen LogP contribution in [0.15, 0.2) is 0 Å². The van der Waals surface area contributed by atoms with Crippen LogP contribution < -0.4 is 5.73 Å². The summed E-state index contributed by atoms with van der Waals surface area (Å²) in [7, 11) is 0. The quantitative estimate of drug-likeness (QED) is 0.643. The highest BCUT2D eigenvalue weighted by Gasteiger charge is 2.06. The van der Waals surface area contributed by atoms with Gasteiger partial charge in [-0.05, 0) is 0 Å². The number of nitrogen functional groups attached to an aromatic ring is 1. The minimum Gasteiger partial charge on any atom is -0.388 e. The van der Waals surface area contributed by atoms with Crippen LogP contribution in [-0.4, -0.2) is 9.59 Å². The maximum Gasteiger partial charge on any atom is 0.131 e. The van der Waals surface area contributed by atoms with Crippen LogP contribution in [0, 0.1) is 0 Å². The monoisotopic (exact) mass is 143 g/mol. The van der Waals surface area contributed by atoms with Gasteiger partial charge in [0.05, 0.1) is 0 Å². The summed E-state index contributed by atoms with van der Waals surface area (Å²) in [5, 5.41) is 4.60. The summed E-state index contributed by atoms with van der Waals surface area (Å²) in [4.78, 5) is 0. The number of aromatic nitrogens is 2. The molecule has 0 unspecified atom stereocenters. The molecule has 0 aromatic carbocycles. The second kappa shape index (κ2) is 2.31. The first kappa shape index (κ1) is 6.48. The maximum atomic E-state index is 5.54. The summed E-state index contributed by atoms with van der Waals surface area (Å²) in [6.07, 6.45) is 0. The van der Waals surface area contributed by atoms with E-state index in [1.54, 1.807) is 0 Å². The van der Waals surface area contributed by atoms with Crippen LogP contribution in [0.5, 0.6) is 0 Å². The van der Waals surface area contributed by atoms with Gasteiger partial charge in [-0.3, -0.25) is 0 Å². The molecule has 0 aliphatic heterocycles. The third-order valence-corrected chi connectivity index (χ3v) is 1.66. The smallest absolute Gasteiger partial charge is 0.131 e. The molecule has 1 aromatic heterocycles. The minimum atomic E-state index is 0.392. The summed E-state index contributed by atoms with van der Waals surface area (Å²) in [5.74, 6) is 0.392. The van der Waals surface area contributed by atoms with Gasteiger partial charge in [-0.15, -0.1) is 5.10 Å². The molecule has 0 fully saturated rings. The lowest BCUT2D eigenvalue weighted by molar-refractivity contribution is 0.815. The Kier molecular flexibility index (Phi) is 1.66. The minimum absolute atomic E-state index is 0.392. The zero-order valence-electron chi connectivity index (χ0n) is 5.46. The van der Waals surface area contributed by atoms with Gasteiger partial charge in [-0.1, -0.05) is 18.3 Å². The van der Waals surface area contributed by atoms with E-state index in [-0.39, 0.29) is 0 Å². The van der Waals surface area contributed by atoms with Crippen molar-refractivity contribution in [2.24, 2.45) is 0 Å². The second-order valence-corrected chi connectivity index (χ2v) is 2.96. The Hall–Kier alpha value is -0.640. The van der Waals surface area contributed by atoms with E-state index in [4.69, 9.17) is 5.73 Å². The van der Waals surface area contributed by atoms with Gasteiger partial charge in [0.2, 0.25) is 0 Å². The first-order valence-electron chi connectivity index (χ1n) is 2.79. The van der Waals surface area contributed by atoms with E-state index < -0.39 is 0 Å². The van der Waals surface area contributed by atoms with Crippen LogP contribution >= 0.6 is 11.5 Å². The molecule has 0 aliphatic rings. The van der Waals surface area contributed by atoms with E-state index in [9.17, 15) is 0 Å². The van der Waals surface area contributed by atoms with Crippen molar-refractivity contribution in [2.75, 3.05) is 5.73 Å². The van der Waals surface area contributed by atoms with Crippen molar-refractivity contribution in [1.29, 1.82) is 0 Å². The van der Waals surface area contributed by atoms with Gasteiger partial charge < -0.3 is 5.73 Å². The normalized spacial score (nSPS) is 10.6. The van der Waals surface area contributed by atoms with Crippen LogP contribution in [0.25, 0.3) is 0 Å². The molecule has 0 aliphatic carbocycles. The number of hydrogen-bond donors (Lipinski definition) is 1. The first-order chi connectivity index (χ1) is 4.22. The number of nitrogens with zero attached hydrogens (tertiary/aromatic N) is 2. The van der Waals surface area contributed by atoms with Crippen molar-refractivity contribution in [3.05, 3.63) is 5.69 Å². The number of nitrogens with two attached hydrogens (primary N) is 1. The van der Waals surface area contributed by atoms with Crippen molar-refractivity contribution in [3.63, 3.8) is 0 Å². The Balaban J connectivity index is 2.94. The number of anilines is 1. The molecule has 0 radical (unpaired) electrons. The molecule has 1 aromatic rings.